The Balaban J connectivity index is 2.30. The minimum absolute atomic E-state index is 0.204. The van der Waals surface area contributed by atoms with Gasteiger partial charge in [-0.15, -0.1) is 0 Å². The van der Waals surface area contributed by atoms with Crippen LogP contribution in [0.15, 0.2) is 24.5 Å². The van der Waals surface area contributed by atoms with Crippen LogP contribution in [0.2, 0.25) is 0 Å². The summed E-state index contributed by atoms with van der Waals surface area (Å²) >= 11 is 0. The highest BCUT2D eigenvalue weighted by Gasteiger charge is 2.14. The molecule has 5 N–H and O–H groups in total. The van der Waals surface area contributed by atoms with Crippen molar-refractivity contribution in [2.45, 2.75) is 0 Å². The van der Waals surface area contributed by atoms with E-state index in [1.54, 1.807) is 6.07 Å². The maximum Gasteiger partial charge on any atom is 0.183 e. The summed E-state index contributed by atoms with van der Waals surface area (Å²) in [6.45, 7) is 0. The van der Waals surface area contributed by atoms with E-state index in [4.69, 9.17) is 11.5 Å². The topological polar surface area (TPSA) is 106 Å². The van der Waals surface area contributed by atoms with Crippen molar-refractivity contribution >= 4 is 22.7 Å². The zero-order valence-electron chi connectivity index (χ0n) is 9.18. The molecule has 3 rings (SSSR count). The molecule has 90 valence electrons. The lowest BCUT2D eigenvalue weighted by molar-refractivity contribution is 0.631. The van der Waals surface area contributed by atoms with Crippen molar-refractivity contribution in [1.29, 1.82) is 0 Å². The Hall–Kier alpha value is -2.70. The molecule has 2 heterocycles. The van der Waals surface area contributed by atoms with Crippen LogP contribution in [-0.2, 0) is 0 Å². The van der Waals surface area contributed by atoms with E-state index in [0.717, 1.165) is 0 Å². The molecule has 0 bridgehead atoms. The Morgan fingerprint density at radius 3 is 2.72 bits per heavy atom. The highest BCUT2D eigenvalue weighted by atomic mass is 19.1. The molecule has 0 aliphatic heterocycles. The minimum atomic E-state index is -0.458. The number of nitrogens with two attached hydrogens (primary N) is 2. The van der Waals surface area contributed by atoms with E-state index < -0.39 is 5.82 Å². The van der Waals surface area contributed by atoms with Gasteiger partial charge >= 0.3 is 0 Å². The van der Waals surface area contributed by atoms with Gasteiger partial charge in [0.15, 0.2) is 11.5 Å². The molecule has 0 unspecified atom stereocenters. The molecule has 0 saturated carbocycles. The van der Waals surface area contributed by atoms with Gasteiger partial charge in [0.2, 0.25) is 0 Å². The molecule has 0 spiro atoms. The van der Waals surface area contributed by atoms with Crippen LogP contribution in [0.1, 0.15) is 0 Å². The Morgan fingerprint density at radius 1 is 1.17 bits per heavy atom. The number of hydrogen-bond donors (Lipinski definition) is 3. The molecular weight excluding hydrogens is 235 g/mol. The molecule has 0 aliphatic rings. The predicted molar refractivity (Wildman–Crippen MR) is 65.9 cm³/mol. The van der Waals surface area contributed by atoms with Gasteiger partial charge in [-0.3, -0.25) is 0 Å². The van der Waals surface area contributed by atoms with E-state index in [1.165, 1.54) is 18.5 Å². The summed E-state index contributed by atoms with van der Waals surface area (Å²) in [4.78, 5) is 14.8. The average Bonchev–Trinajstić information content (AvgIpc) is 2.74. The maximum absolute atomic E-state index is 13.8. The van der Waals surface area contributed by atoms with Gasteiger partial charge in [-0.05, 0) is 12.1 Å². The van der Waals surface area contributed by atoms with Gasteiger partial charge in [-0.2, -0.15) is 0 Å². The zero-order valence-corrected chi connectivity index (χ0v) is 9.18. The summed E-state index contributed by atoms with van der Waals surface area (Å²) in [5, 5.41) is 0. The molecule has 0 fully saturated rings. The molecule has 0 aliphatic carbocycles. The number of anilines is 2. The number of H-pyrrole nitrogens is 1. The van der Waals surface area contributed by atoms with Crippen LogP contribution in [0.5, 0.6) is 0 Å². The third-order valence-electron chi connectivity index (χ3n) is 2.60. The quantitative estimate of drug-likeness (QED) is 0.560. The Labute approximate surface area is 101 Å². The van der Waals surface area contributed by atoms with Crippen molar-refractivity contribution in [3.8, 4) is 11.4 Å². The van der Waals surface area contributed by atoms with Crippen LogP contribution in [0, 0.1) is 5.82 Å². The monoisotopic (exact) mass is 244 g/mol. The number of hydrogen-bond acceptors (Lipinski definition) is 5. The molecule has 3 aromatic rings. The highest BCUT2D eigenvalue weighted by Crippen LogP contribution is 2.28. The molecule has 0 amide bonds. The van der Waals surface area contributed by atoms with Crippen molar-refractivity contribution in [2.75, 3.05) is 11.5 Å². The van der Waals surface area contributed by atoms with Crippen molar-refractivity contribution in [3.63, 3.8) is 0 Å². The standard InChI is InChI=1S/C11H9FN6/c12-5-2-1-3-6(13)7(5)10-17-8-9(14)15-4-16-11(8)18-10/h1-4H,13H2,(H3,14,15,16,17,18). The molecule has 2 aromatic heterocycles. The lowest BCUT2D eigenvalue weighted by Gasteiger charge is -2.02. The number of fused-ring (bicyclic) bond motifs is 1. The normalized spacial score (nSPS) is 10.9. The van der Waals surface area contributed by atoms with Crippen LogP contribution < -0.4 is 11.5 Å². The lowest BCUT2D eigenvalue weighted by Crippen LogP contribution is -1.94. The fraction of sp³-hybridized carbons (Fsp3) is 0. The molecular formula is C11H9FN6. The van der Waals surface area contributed by atoms with Gasteiger partial charge in [-0.1, -0.05) is 6.07 Å². The van der Waals surface area contributed by atoms with Crippen LogP contribution in [0.4, 0.5) is 15.9 Å². The first kappa shape index (κ1) is 10.5. The van der Waals surface area contributed by atoms with Crippen LogP contribution in [-0.4, -0.2) is 19.9 Å². The molecule has 18 heavy (non-hydrogen) atoms. The molecule has 6 nitrogen and oxygen atoms in total. The lowest BCUT2D eigenvalue weighted by atomic mass is 10.1. The summed E-state index contributed by atoms with van der Waals surface area (Å²) in [7, 11) is 0. The summed E-state index contributed by atoms with van der Waals surface area (Å²) < 4.78 is 13.8. The molecule has 7 heteroatoms. The number of imidazole rings is 1. The summed E-state index contributed by atoms with van der Waals surface area (Å²) in [6.07, 6.45) is 1.30. The SMILES string of the molecule is Nc1cccc(F)c1-c1nc2ncnc(N)c2[nH]1. The Bertz CT molecular complexity index is 715. The molecule has 0 radical (unpaired) electrons. The molecule has 1 aromatic carbocycles. The second kappa shape index (κ2) is 3.66. The number of aromatic nitrogens is 4. The van der Waals surface area contributed by atoms with Crippen molar-refractivity contribution < 1.29 is 4.39 Å². The number of rotatable bonds is 1. The van der Waals surface area contributed by atoms with E-state index in [1.807, 2.05) is 0 Å². The molecule has 0 atom stereocenters. The number of benzene rings is 1. The van der Waals surface area contributed by atoms with Crippen molar-refractivity contribution in [3.05, 3.63) is 30.3 Å². The maximum atomic E-state index is 13.8. The van der Waals surface area contributed by atoms with Crippen molar-refractivity contribution in [2.24, 2.45) is 0 Å². The summed E-state index contributed by atoms with van der Waals surface area (Å²) in [6, 6.07) is 4.44. The van der Waals surface area contributed by atoms with E-state index in [9.17, 15) is 4.39 Å². The zero-order chi connectivity index (χ0) is 12.7. The fourth-order valence-electron chi connectivity index (χ4n) is 1.76. The summed E-state index contributed by atoms with van der Waals surface area (Å²) in [5.74, 6) is 0.0852. The first-order chi connectivity index (χ1) is 8.66. The first-order valence-electron chi connectivity index (χ1n) is 5.17. The van der Waals surface area contributed by atoms with Crippen LogP contribution >= 0.6 is 0 Å². The Morgan fingerprint density at radius 2 is 2.00 bits per heavy atom. The number of halogens is 1. The van der Waals surface area contributed by atoms with Gasteiger partial charge in [0.25, 0.3) is 0 Å². The fourth-order valence-corrected chi connectivity index (χ4v) is 1.76. The highest BCUT2D eigenvalue weighted by molar-refractivity contribution is 5.86. The number of nitrogens with one attached hydrogen (secondary N) is 1. The minimum Gasteiger partial charge on any atom is -0.398 e. The number of nitrogen functional groups attached to an aromatic ring is 2. The largest absolute Gasteiger partial charge is 0.398 e. The predicted octanol–water partition coefficient (Wildman–Crippen LogP) is 1.32. The van der Waals surface area contributed by atoms with Gasteiger partial charge in [-0.25, -0.2) is 19.3 Å². The van der Waals surface area contributed by atoms with Gasteiger partial charge in [0.1, 0.15) is 23.5 Å². The van der Waals surface area contributed by atoms with Crippen LogP contribution in [0.25, 0.3) is 22.6 Å². The van der Waals surface area contributed by atoms with E-state index in [2.05, 4.69) is 19.9 Å². The first-order valence-corrected chi connectivity index (χ1v) is 5.17. The summed E-state index contributed by atoms with van der Waals surface area (Å²) in [5.41, 5.74) is 12.8. The second-order valence-corrected chi connectivity index (χ2v) is 3.75. The van der Waals surface area contributed by atoms with E-state index in [0.29, 0.717) is 16.9 Å². The second-order valence-electron chi connectivity index (χ2n) is 3.75. The van der Waals surface area contributed by atoms with Gasteiger partial charge in [0, 0.05) is 5.69 Å². The van der Waals surface area contributed by atoms with Crippen molar-refractivity contribution in [1.82, 2.24) is 19.9 Å². The van der Waals surface area contributed by atoms with Crippen LogP contribution in [0.3, 0.4) is 0 Å². The smallest absolute Gasteiger partial charge is 0.183 e. The average molecular weight is 244 g/mol. The van der Waals surface area contributed by atoms with E-state index >= 15 is 0 Å². The third-order valence-corrected chi connectivity index (χ3v) is 2.60. The van der Waals surface area contributed by atoms with Gasteiger partial charge in [0.05, 0.1) is 5.56 Å². The Kier molecular flexibility index (Phi) is 2.12. The molecule has 0 saturated heterocycles. The van der Waals surface area contributed by atoms with Gasteiger partial charge < -0.3 is 16.5 Å². The third kappa shape index (κ3) is 1.45. The van der Waals surface area contributed by atoms with E-state index in [-0.39, 0.29) is 17.2 Å². The number of aromatic amines is 1. The number of nitrogens with zero attached hydrogens (tertiary/aromatic N) is 3.